The number of nitrogens with one attached hydrogen (secondary N) is 1. The van der Waals surface area contributed by atoms with E-state index in [1.165, 1.54) is 6.08 Å². The van der Waals surface area contributed by atoms with Gasteiger partial charge in [-0.2, -0.15) is 0 Å². The highest BCUT2D eigenvalue weighted by atomic mass is 16.1. The molecule has 2 heterocycles. The molecule has 84 valence electrons. The fraction of sp³-hybridized carbons (Fsp3) is 0.364. The van der Waals surface area contributed by atoms with Gasteiger partial charge in [0.05, 0.1) is 6.20 Å². The maximum atomic E-state index is 11.1. The van der Waals surface area contributed by atoms with Gasteiger partial charge in [0, 0.05) is 31.5 Å². The van der Waals surface area contributed by atoms with Crippen LogP contribution in [0.1, 0.15) is 6.42 Å². The molecular weight excluding hydrogens is 204 g/mol. The van der Waals surface area contributed by atoms with Crippen molar-refractivity contribution in [2.45, 2.75) is 12.5 Å². The second-order valence-corrected chi connectivity index (χ2v) is 3.71. The smallest absolute Gasteiger partial charge is 0.243 e. The van der Waals surface area contributed by atoms with Crippen LogP contribution in [0.5, 0.6) is 0 Å². The molecule has 0 spiro atoms. The highest BCUT2D eigenvalue weighted by molar-refractivity contribution is 5.87. The van der Waals surface area contributed by atoms with Gasteiger partial charge in [0.25, 0.3) is 0 Å². The molecule has 1 aliphatic rings. The molecule has 5 nitrogen and oxygen atoms in total. The molecule has 1 aromatic rings. The fourth-order valence-corrected chi connectivity index (χ4v) is 1.80. The standard InChI is InChI=1S/C11H14N4O/c1-2-11(16)14-9-3-6-15(8-9)10-7-12-4-5-13-10/h2,4-5,7,9H,1,3,6,8H2,(H,14,16). The highest BCUT2D eigenvalue weighted by Crippen LogP contribution is 2.16. The average Bonchev–Trinajstić information content (AvgIpc) is 2.78. The Morgan fingerprint density at radius 3 is 3.19 bits per heavy atom. The molecule has 0 saturated carbocycles. The zero-order chi connectivity index (χ0) is 11.4. The summed E-state index contributed by atoms with van der Waals surface area (Å²) in [6.45, 7) is 5.10. The van der Waals surface area contributed by atoms with E-state index in [9.17, 15) is 4.79 Å². The first-order chi connectivity index (χ1) is 7.79. The molecule has 0 radical (unpaired) electrons. The summed E-state index contributed by atoms with van der Waals surface area (Å²) >= 11 is 0. The largest absolute Gasteiger partial charge is 0.353 e. The van der Waals surface area contributed by atoms with E-state index in [4.69, 9.17) is 0 Å². The van der Waals surface area contributed by atoms with Crippen molar-refractivity contribution in [3.05, 3.63) is 31.2 Å². The Bertz CT molecular complexity index is 379. The van der Waals surface area contributed by atoms with Crippen LogP contribution in [0.4, 0.5) is 5.82 Å². The van der Waals surface area contributed by atoms with Crippen LogP contribution < -0.4 is 10.2 Å². The molecule has 0 aliphatic carbocycles. The van der Waals surface area contributed by atoms with Gasteiger partial charge < -0.3 is 10.2 Å². The third kappa shape index (κ3) is 2.36. The van der Waals surface area contributed by atoms with Crippen molar-refractivity contribution in [1.29, 1.82) is 0 Å². The SMILES string of the molecule is C=CC(=O)NC1CCN(c2cnccn2)C1. The Hall–Kier alpha value is -1.91. The molecule has 1 unspecified atom stereocenters. The summed E-state index contributed by atoms with van der Waals surface area (Å²) in [5.74, 6) is 0.740. The number of aromatic nitrogens is 2. The maximum Gasteiger partial charge on any atom is 0.243 e. The number of nitrogens with zero attached hydrogens (tertiary/aromatic N) is 3. The summed E-state index contributed by atoms with van der Waals surface area (Å²) in [6.07, 6.45) is 7.28. The minimum absolute atomic E-state index is 0.119. The topological polar surface area (TPSA) is 58.1 Å². The third-order valence-corrected chi connectivity index (χ3v) is 2.59. The number of amides is 1. The minimum atomic E-state index is -0.119. The van der Waals surface area contributed by atoms with Crippen LogP contribution in [-0.4, -0.2) is 35.0 Å². The lowest BCUT2D eigenvalue weighted by Crippen LogP contribution is -2.36. The number of hydrogen-bond acceptors (Lipinski definition) is 4. The summed E-state index contributed by atoms with van der Waals surface area (Å²) in [5.41, 5.74) is 0. The lowest BCUT2D eigenvalue weighted by molar-refractivity contribution is -0.117. The lowest BCUT2D eigenvalue weighted by atomic mass is 10.2. The lowest BCUT2D eigenvalue weighted by Gasteiger charge is -2.16. The van der Waals surface area contributed by atoms with Gasteiger partial charge in [-0.3, -0.25) is 9.78 Å². The van der Waals surface area contributed by atoms with Crippen molar-refractivity contribution in [3.63, 3.8) is 0 Å². The van der Waals surface area contributed by atoms with Crippen LogP contribution in [0.3, 0.4) is 0 Å². The Morgan fingerprint density at radius 1 is 1.62 bits per heavy atom. The van der Waals surface area contributed by atoms with Crippen molar-refractivity contribution < 1.29 is 4.79 Å². The summed E-state index contributed by atoms with van der Waals surface area (Å²) < 4.78 is 0. The molecule has 16 heavy (non-hydrogen) atoms. The van der Waals surface area contributed by atoms with Crippen LogP contribution in [0.2, 0.25) is 0 Å². The van der Waals surface area contributed by atoms with E-state index in [0.717, 1.165) is 25.3 Å². The monoisotopic (exact) mass is 218 g/mol. The van der Waals surface area contributed by atoms with E-state index in [1.54, 1.807) is 18.6 Å². The molecule has 1 N–H and O–H groups in total. The van der Waals surface area contributed by atoms with Crippen LogP contribution in [-0.2, 0) is 4.79 Å². The quantitative estimate of drug-likeness (QED) is 0.744. The number of anilines is 1. The number of hydrogen-bond donors (Lipinski definition) is 1. The first kappa shape index (κ1) is 10.6. The van der Waals surface area contributed by atoms with Crippen molar-refractivity contribution in [2.75, 3.05) is 18.0 Å². The highest BCUT2D eigenvalue weighted by Gasteiger charge is 2.23. The van der Waals surface area contributed by atoms with E-state index >= 15 is 0 Å². The van der Waals surface area contributed by atoms with Crippen LogP contribution >= 0.6 is 0 Å². The van der Waals surface area contributed by atoms with E-state index < -0.39 is 0 Å². The number of rotatable bonds is 3. The Kier molecular flexibility index (Phi) is 3.14. The van der Waals surface area contributed by atoms with E-state index in [0.29, 0.717) is 0 Å². The van der Waals surface area contributed by atoms with E-state index in [2.05, 4.69) is 26.8 Å². The summed E-state index contributed by atoms with van der Waals surface area (Å²) in [4.78, 5) is 21.5. The normalized spacial score (nSPS) is 19.5. The van der Waals surface area contributed by atoms with E-state index in [1.807, 2.05) is 0 Å². The maximum absolute atomic E-state index is 11.1. The zero-order valence-corrected chi connectivity index (χ0v) is 8.97. The first-order valence-corrected chi connectivity index (χ1v) is 5.23. The van der Waals surface area contributed by atoms with Gasteiger partial charge in [0.2, 0.25) is 5.91 Å². The van der Waals surface area contributed by atoms with Gasteiger partial charge in [-0.05, 0) is 12.5 Å². The molecule has 1 fully saturated rings. The second kappa shape index (κ2) is 4.74. The molecule has 0 aromatic carbocycles. The van der Waals surface area contributed by atoms with Crippen molar-refractivity contribution in [2.24, 2.45) is 0 Å². The average molecular weight is 218 g/mol. The van der Waals surface area contributed by atoms with Gasteiger partial charge in [0.15, 0.2) is 0 Å². The van der Waals surface area contributed by atoms with Crippen molar-refractivity contribution >= 4 is 11.7 Å². The first-order valence-electron chi connectivity index (χ1n) is 5.23. The van der Waals surface area contributed by atoms with Gasteiger partial charge in [-0.15, -0.1) is 0 Å². The predicted octanol–water partition coefficient (Wildman–Crippen LogP) is 0.357. The van der Waals surface area contributed by atoms with Gasteiger partial charge in [-0.1, -0.05) is 6.58 Å². The van der Waals surface area contributed by atoms with Crippen LogP contribution in [0, 0.1) is 0 Å². The molecule has 1 atom stereocenters. The van der Waals surface area contributed by atoms with Gasteiger partial charge in [0.1, 0.15) is 5.82 Å². The zero-order valence-electron chi connectivity index (χ0n) is 8.97. The van der Waals surface area contributed by atoms with Crippen LogP contribution in [0.15, 0.2) is 31.2 Å². The summed E-state index contributed by atoms with van der Waals surface area (Å²) in [5, 5.41) is 2.88. The van der Waals surface area contributed by atoms with Crippen molar-refractivity contribution in [1.82, 2.24) is 15.3 Å². The molecule has 1 aromatic heterocycles. The van der Waals surface area contributed by atoms with Crippen molar-refractivity contribution in [3.8, 4) is 0 Å². The molecule has 0 bridgehead atoms. The number of carbonyl (C=O) groups excluding carboxylic acids is 1. The number of carbonyl (C=O) groups is 1. The molecule has 1 aliphatic heterocycles. The fourth-order valence-electron chi connectivity index (χ4n) is 1.80. The predicted molar refractivity (Wildman–Crippen MR) is 61.0 cm³/mol. The van der Waals surface area contributed by atoms with Gasteiger partial charge >= 0.3 is 0 Å². The van der Waals surface area contributed by atoms with Crippen LogP contribution in [0.25, 0.3) is 0 Å². The second-order valence-electron chi connectivity index (χ2n) is 3.71. The molecule has 2 rings (SSSR count). The van der Waals surface area contributed by atoms with E-state index in [-0.39, 0.29) is 11.9 Å². The molecular formula is C11H14N4O. The minimum Gasteiger partial charge on any atom is -0.353 e. The Balaban J connectivity index is 1.93. The third-order valence-electron chi connectivity index (χ3n) is 2.59. The Labute approximate surface area is 94.2 Å². The molecule has 5 heteroatoms. The molecule has 1 saturated heterocycles. The van der Waals surface area contributed by atoms with Gasteiger partial charge in [-0.25, -0.2) is 4.98 Å². The summed E-state index contributed by atoms with van der Waals surface area (Å²) in [6, 6.07) is 0.174. The summed E-state index contributed by atoms with van der Waals surface area (Å²) in [7, 11) is 0. The Morgan fingerprint density at radius 2 is 2.50 bits per heavy atom. The molecule has 1 amide bonds.